The third-order valence-corrected chi connectivity index (χ3v) is 5.80. The standard InChI is InChI=1S/C16H15F3N6O2S2/c1-9-13(28-14(20)23-9)12-5-6-21-15(25-12)24-11-4-2-3-10(7-11)8-22-29(26,27)16(17,18)19/h2-7,22H,8H2,1H3,(H2,20,23)(H,21,24,25). The fourth-order valence-electron chi connectivity index (χ4n) is 2.35. The lowest BCUT2D eigenvalue weighted by Crippen LogP contribution is -2.35. The van der Waals surface area contributed by atoms with Crippen LogP contribution in [0.1, 0.15) is 11.3 Å². The van der Waals surface area contributed by atoms with E-state index in [4.69, 9.17) is 5.73 Å². The maximum Gasteiger partial charge on any atom is 0.511 e. The number of nitrogen functional groups attached to an aromatic ring is 1. The number of hydrogen-bond acceptors (Lipinski definition) is 8. The first-order valence-electron chi connectivity index (χ1n) is 8.03. The Balaban J connectivity index is 1.76. The highest BCUT2D eigenvalue weighted by Crippen LogP contribution is 2.30. The van der Waals surface area contributed by atoms with Crippen molar-refractivity contribution in [1.82, 2.24) is 19.7 Å². The Bertz CT molecular complexity index is 1130. The zero-order valence-corrected chi connectivity index (χ0v) is 16.5. The fourth-order valence-corrected chi connectivity index (χ4v) is 3.67. The van der Waals surface area contributed by atoms with Crippen LogP contribution in [-0.4, -0.2) is 28.9 Å². The molecule has 0 spiro atoms. The van der Waals surface area contributed by atoms with E-state index < -0.39 is 22.1 Å². The number of hydrogen-bond donors (Lipinski definition) is 3. The smallest absolute Gasteiger partial charge is 0.375 e. The number of benzene rings is 1. The van der Waals surface area contributed by atoms with Gasteiger partial charge in [0.1, 0.15) is 0 Å². The minimum atomic E-state index is -5.42. The van der Waals surface area contributed by atoms with Gasteiger partial charge in [0.15, 0.2) is 5.13 Å². The van der Waals surface area contributed by atoms with Crippen molar-refractivity contribution in [3.8, 4) is 10.6 Å². The molecule has 0 aliphatic heterocycles. The first kappa shape index (κ1) is 21.0. The van der Waals surface area contributed by atoms with Gasteiger partial charge in [0.2, 0.25) is 5.95 Å². The van der Waals surface area contributed by atoms with Crippen molar-refractivity contribution >= 4 is 38.1 Å². The molecule has 0 amide bonds. The van der Waals surface area contributed by atoms with Crippen molar-refractivity contribution in [1.29, 1.82) is 0 Å². The molecule has 0 aliphatic rings. The van der Waals surface area contributed by atoms with Crippen molar-refractivity contribution in [2.75, 3.05) is 11.1 Å². The predicted molar refractivity (Wildman–Crippen MR) is 104 cm³/mol. The summed E-state index contributed by atoms with van der Waals surface area (Å²) in [6.45, 7) is 1.29. The van der Waals surface area contributed by atoms with E-state index in [0.717, 1.165) is 10.6 Å². The number of aromatic nitrogens is 3. The van der Waals surface area contributed by atoms with Crippen molar-refractivity contribution in [3.63, 3.8) is 0 Å². The molecular weight excluding hydrogens is 429 g/mol. The van der Waals surface area contributed by atoms with Gasteiger partial charge in [0, 0.05) is 18.4 Å². The molecule has 0 fully saturated rings. The van der Waals surface area contributed by atoms with E-state index in [1.165, 1.54) is 28.2 Å². The van der Waals surface area contributed by atoms with Crippen LogP contribution in [0.3, 0.4) is 0 Å². The summed E-state index contributed by atoms with van der Waals surface area (Å²) in [6, 6.07) is 7.90. The lowest BCUT2D eigenvalue weighted by Gasteiger charge is -2.11. The molecular formula is C16H15F3N6O2S2. The van der Waals surface area contributed by atoms with Gasteiger partial charge >= 0.3 is 15.5 Å². The maximum absolute atomic E-state index is 12.4. The van der Waals surface area contributed by atoms with Gasteiger partial charge in [-0.1, -0.05) is 23.5 Å². The van der Waals surface area contributed by atoms with Crippen LogP contribution in [0.5, 0.6) is 0 Å². The summed E-state index contributed by atoms with van der Waals surface area (Å²) >= 11 is 1.29. The quantitative estimate of drug-likeness (QED) is 0.534. The first-order chi connectivity index (χ1) is 13.5. The summed E-state index contributed by atoms with van der Waals surface area (Å²) < 4.78 is 61.0. The minimum Gasteiger partial charge on any atom is -0.375 e. The van der Waals surface area contributed by atoms with Gasteiger partial charge in [-0.3, -0.25) is 0 Å². The molecule has 154 valence electrons. The molecule has 0 unspecified atom stereocenters. The minimum absolute atomic E-state index is 0.252. The average molecular weight is 444 g/mol. The molecule has 0 bridgehead atoms. The predicted octanol–water partition coefficient (Wildman–Crippen LogP) is 3.17. The highest BCUT2D eigenvalue weighted by molar-refractivity contribution is 7.90. The van der Waals surface area contributed by atoms with E-state index in [-0.39, 0.29) is 5.95 Å². The zero-order chi connectivity index (χ0) is 21.2. The van der Waals surface area contributed by atoms with Crippen LogP contribution in [0.25, 0.3) is 10.6 Å². The molecule has 1 aromatic carbocycles. The van der Waals surface area contributed by atoms with E-state index in [1.54, 1.807) is 24.4 Å². The van der Waals surface area contributed by atoms with Crippen LogP contribution < -0.4 is 15.8 Å². The van der Waals surface area contributed by atoms with Crippen LogP contribution >= 0.6 is 11.3 Å². The molecule has 2 heterocycles. The number of sulfonamides is 1. The Labute approximate surface area is 168 Å². The summed E-state index contributed by atoms with van der Waals surface area (Å²) in [5, 5.41) is 3.36. The van der Waals surface area contributed by atoms with E-state index in [9.17, 15) is 21.6 Å². The first-order valence-corrected chi connectivity index (χ1v) is 10.3. The number of halogens is 3. The second-order valence-corrected chi connectivity index (χ2v) is 8.62. The van der Waals surface area contributed by atoms with Crippen molar-refractivity contribution < 1.29 is 21.6 Å². The average Bonchev–Trinajstić information content (AvgIpc) is 2.98. The number of nitrogens with zero attached hydrogens (tertiary/aromatic N) is 3. The van der Waals surface area contributed by atoms with E-state index >= 15 is 0 Å². The number of anilines is 3. The summed E-state index contributed by atoms with van der Waals surface area (Å²) in [7, 11) is -5.42. The molecule has 13 heteroatoms. The van der Waals surface area contributed by atoms with Crippen LogP contribution in [0, 0.1) is 6.92 Å². The second-order valence-electron chi connectivity index (χ2n) is 5.83. The monoisotopic (exact) mass is 444 g/mol. The van der Waals surface area contributed by atoms with Gasteiger partial charge in [-0.05, 0) is 30.7 Å². The summed E-state index contributed by atoms with van der Waals surface area (Å²) in [6.07, 6.45) is 1.54. The number of alkyl halides is 3. The number of nitrogens with one attached hydrogen (secondary N) is 2. The van der Waals surface area contributed by atoms with Crippen molar-refractivity contribution in [3.05, 3.63) is 47.8 Å². The number of nitrogens with two attached hydrogens (primary N) is 1. The molecule has 2 aromatic heterocycles. The highest BCUT2D eigenvalue weighted by Gasteiger charge is 2.45. The molecule has 0 saturated carbocycles. The molecule has 0 radical (unpaired) electrons. The Morgan fingerprint density at radius 2 is 1.97 bits per heavy atom. The topological polar surface area (TPSA) is 123 Å². The third-order valence-electron chi connectivity index (χ3n) is 3.66. The Hall–Kier alpha value is -2.77. The molecule has 29 heavy (non-hydrogen) atoms. The molecule has 8 nitrogen and oxygen atoms in total. The number of aryl methyl sites for hydroxylation is 1. The lowest BCUT2D eigenvalue weighted by atomic mass is 10.2. The van der Waals surface area contributed by atoms with Gasteiger partial charge < -0.3 is 11.1 Å². The fraction of sp³-hybridized carbons (Fsp3) is 0.188. The Kier molecular flexibility index (Phi) is 5.73. The molecule has 0 aliphatic carbocycles. The third kappa shape index (κ3) is 4.99. The van der Waals surface area contributed by atoms with Gasteiger partial charge in [-0.15, -0.1) is 0 Å². The van der Waals surface area contributed by atoms with Gasteiger partial charge in [-0.25, -0.2) is 28.1 Å². The molecule has 3 rings (SSSR count). The second kappa shape index (κ2) is 7.93. The summed E-state index contributed by atoms with van der Waals surface area (Å²) in [5.74, 6) is 0.252. The SMILES string of the molecule is Cc1nc(N)sc1-c1ccnc(Nc2cccc(CNS(=O)(=O)C(F)(F)F)c2)n1. The van der Waals surface area contributed by atoms with Crippen LogP contribution in [0.4, 0.5) is 29.9 Å². The molecule has 0 atom stereocenters. The van der Waals surface area contributed by atoms with Gasteiger partial charge in [0.05, 0.1) is 16.3 Å². The van der Waals surface area contributed by atoms with Crippen LogP contribution in [0.15, 0.2) is 36.5 Å². The highest BCUT2D eigenvalue weighted by atomic mass is 32.2. The van der Waals surface area contributed by atoms with E-state index in [1.807, 2.05) is 6.92 Å². The number of thiazole rings is 1. The Morgan fingerprint density at radius 1 is 1.21 bits per heavy atom. The normalized spacial score (nSPS) is 12.1. The maximum atomic E-state index is 12.4. The molecule has 3 aromatic rings. The van der Waals surface area contributed by atoms with E-state index in [2.05, 4.69) is 20.3 Å². The van der Waals surface area contributed by atoms with E-state index in [0.29, 0.717) is 22.1 Å². The van der Waals surface area contributed by atoms with Gasteiger partial charge in [0.25, 0.3) is 0 Å². The van der Waals surface area contributed by atoms with Crippen LogP contribution in [-0.2, 0) is 16.6 Å². The van der Waals surface area contributed by atoms with Crippen molar-refractivity contribution in [2.45, 2.75) is 19.0 Å². The largest absolute Gasteiger partial charge is 0.511 e. The number of rotatable bonds is 6. The zero-order valence-electron chi connectivity index (χ0n) is 14.9. The molecule has 0 saturated heterocycles. The van der Waals surface area contributed by atoms with Crippen LogP contribution in [0.2, 0.25) is 0 Å². The molecule has 4 N–H and O–H groups in total. The lowest BCUT2D eigenvalue weighted by molar-refractivity contribution is -0.0448. The van der Waals surface area contributed by atoms with Gasteiger partial charge in [-0.2, -0.15) is 13.2 Å². The summed E-state index contributed by atoms with van der Waals surface area (Å²) in [5.41, 5.74) is 2.49. The Morgan fingerprint density at radius 3 is 2.62 bits per heavy atom. The summed E-state index contributed by atoms with van der Waals surface area (Å²) in [4.78, 5) is 13.5. The van der Waals surface area contributed by atoms with Crippen molar-refractivity contribution in [2.24, 2.45) is 0 Å².